The van der Waals surface area contributed by atoms with Crippen molar-refractivity contribution in [1.82, 2.24) is 9.47 Å². The van der Waals surface area contributed by atoms with E-state index in [2.05, 4.69) is 9.88 Å². The number of hydrogen-bond acceptors (Lipinski definition) is 2. The summed E-state index contributed by atoms with van der Waals surface area (Å²) < 4.78 is 35.4. The fourth-order valence-corrected chi connectivity index (χ4v) is 4.38. The number of aromatic nitrogens is 1. The van der Waals surface area contributed by atoms with Gasteiger partial charge in [0.05, 0.1) is 30.6 Å². The molecule has 4 aromatic rings. The Morgan fingerprint density at radius 1 is 1.03 bits per heavy atom. The Morgan fingerprint density at radius 3 is 2.59 bits per heavy atom. The molecule has 2 amide bonds. The third kappa shape index (κ3) is 4.01. The lowest BCUT2D eigenvalue weighted by molar-refractivity contribution is 0.194. The van der Waals surface area contributed by atoms with Gasteiger partial charge < -0.3 is 19.5 Å². The minimum absolute atomic E-state index is 0.0789. The molecule has 0 saturated heterocycles. The highest BCUT2D eigenvalue weighted by Crippen LogP contribution is 2.37. The molecular formula is C27H23F2N3O2. The van der Waals surface area contributed by atoms with Crippen molar-refractivity contribution in [1.29, 1.82) is 0 Å². The maximum Gasteiger partial charge on any atom is 0.323 e. The van der Waals surface area contributed by atoms with Crippen LogP contribution in [0.4, 0.5) is 19.3 Å². The van der Waals surface area contributed by atoms with E-state index < -0.39 is 23.7 Å². The van der Waals surface area contributed by atoms with Crippen LogP contribution in [0, 0.1) is 11.6 Å². The highest BCUT2D eigenvalue weighted by Gasteiger charge is 2.33. The number of fused-ring (bicyclic) bond motifs is 3. The maximum atomic E-state index is 14.3. The summed E-state index contributed by atoms with van der Waals surface area (Å²) in [6, 6.07) is 21.5. The quantitative estimate of drug-likeness (QED) is 0.390. The zero-order chi connectivity index (χ0) is 23.7. The zero-order valence-electron chi connectivity index (χ0n) is 18.5. The molecule has 1 aliphatic rings. The lowest BCUT2D eigenvalue weighted by Crippen LogP contribution is -2.38. The first kappa shape index (κ1) is 21.7. The molecule has 0 saturated carbocycles. The number of rotatable bonds is 4. The molecule has 0 fully saturated rings. The number of hydrogen-bond donors (Lipinski definition) is 1. The van der Waals surface area contributed by atoms with Crippen LogP contribution < -0.4 is 10.1 Å². The van der Waals surface area contributed by atoms with Crippen LogP contribution in [0.3, 0.4) is 0 Å². The van der Waals surface area contributed by atoms with Gasteiger partial charge in [0.1, 0.15) is 17.4 Å². The molecule has 34 heavy (non-hydrogen) atoms. The van der Waals surface area contributed by atoms with Crippen molar-refractivity contribution in [3.05, 3.63) is 114 Å². The van der Waals surface area contributed by atoms with Crippen molar-refractivity contribution >= 4 is 11.7 Å². The van der Waals surface area contributed by atoms with Crippen molar-refractivity contribution in [2.75, 3.05) is 11.9 Å². The molecule has 1 aromatic heterocycles. The van der Waals surface area contributed by atoms with E-state index in [-0.39, 0.29) is 5.69 Å². The van der Waals surface area contributed by atoms with Crippen molar-refractivity contribution in [2.24, 2.45) is 0 Å². The second-order valence-corrected chi connectivity index (χ2v) is 8.02. The second-order valence-electron chi connectivity index (χ2n) is 8.02. The SMILES string of the molecule is CCOc1ccc([C@@H]2c3cccn3-c3ccccc3CN2C(=O)Nc2ccc(F)cc2F)cc1. The molecule has 3 aromatic carbocycles. The topological polar surface area (TPSA) is 46.5 Å². The van der Waals surface area contributed by atoms with Crippen LogP contribution >= 0.6 is 0 Å². The second kappa shape index (κ2) is 9.02. The van der Waals surface area contributed by atoms with Crippen LogP contribution in [0.25, 0.3) is 5.69 Å². The highest BCUT2D eigenvalue weighted by molar-refractivity contribution is 5.90. The Labute approximate surface area is 196 Å². The maximum absolute atomic E-state index is 14.3. The number of amides is 2. The molecule has 2 heterocycles. The fraction of sp³-hybridized carbons (Fsp3) is 0.148. The van der Waals surface area contributed by atoms with Crippen LogP contribution in [0.15, 0.2) is 85.1 Å². The van der Waals surface area contributed by atoms with Crippen molar-refractivity contribution in [3.8, 4) is 11.4 Å². The molecule has 0 spiro atoms. The molecule has 7 heteroatoms. The fourth-order valence-electron chi connectivity index (χ4n) is 4.38. The first-order valence-electron chi connectivity index (χ1n) is 11.1. The number of halogens is 2. The number of carbonyl (C=O) groups is 1. The smallest absolute Gasteiger partial charge is 0.323 e. The van der Waals surface area contributed by atoms with Crippen LogP contribution in [0.5, 0.6) is 5.75 Å². The van der Waals surface area contributed by atoms with Gasteiger partial charge in [-0.1, -0.05) is 30.3 Å². The average Bonchev–Trinajstić information content (AvgIpc) is 3.26. The third-order valence-electron chi connectivity index (χ3n) is 5.90. The monoisotopic (exact) mass is 459 g/mol. The number of nitrogens with one attached hydrogen (secondary N) is 1. The summed E-state index contributed by atoms with van der Waals surface area (Å²) in [5, 5.41) is 2.63. The largest absolute Gasteiger partial charge is 0.494 e. The summed E-state index contributed by atoms with van der Waals surface area (Å²) in [7, 11) is 0. The van der Waals surface area contributed by atoms with Gasteiger partial charge in [0, 0.05) is 18.0 Å². The molecule has 5 nitrogen and oxygen atoms in total. The normalized spacial score (nSPS) is 14.7. The van der Waals surface area contributed by atoms with E-state index in [1.807, 2.05) is 73.8 Å². The standard InChI is InChI=1S/C27H23F2N3O2/c1-2-34-21-12-9-18(10-13-21)26-25-8-5-15-31(25)24-7-4-3-6-19(24)17-32(26)27(33)30-23-14-11-20(28)16-22(23)29/h3-16,26H,2,17H2,1H3,(H,30,33)/t26-/m1/s1. The molecule has 5 rings (SSSR count). The Kier molecular flexibility index (Phi) is 5.76. The van der Waals surface area contributed by atoms with Gasteiger partial charge in [-0.3, -0.25) is 0 Å². The minimum Gasteiger partial charge on any atom is -0.494 e. The molecule has 1 N–H and O–H groups in total. The van der Waals surface area contributed by atoms with Gasteiger partial charge in [-0.15, -0.1) is 0 Å². The van der Waals surface area contributed by atoms with E-state index in [1.165, 1.54) is 6.07 Å². The molecule has 0 unspecified atom stereocenters. The van der Waals surface area contributed by atoms with E-state index in [1.54, 1.807) is 4.90 Å². The summed E-state index contributed by atoms with van der Waals surface area (Å²) in [4.78, 5) is 15.2. The summed E-state index contributed by atoms with van der Waals surface area (Å²) in [5.74, 6) is -0.795. The average molecular weight is 459 g/mol. The number of nitrogens with zero attached hydrogens (tertiary/aromatic N) is 2. The molecule has 0 bridgehead atoms. The van der Waals surface area contributed by atoms with E-state index in [0.717, 1.165) is 40.4 Å². The summed E-state index contributed by atoms with van der Waals surface area (Å²) in [6.07, 6.45) is 1.97. The third-order valence-corrected chi connectivity index (χ3v) is 5.90. The van der Waals surface area contributed by atoms with E-state index in [0.29, 0.717) is 13.2 Å². The Hall–Kier alpha value is -4.13. The summed E-state index contributed by atoms with van der Waals surface area (Å²) >= 11 is 0. The van der Waals surface area contributed by atoms with Gasteiger partial charge in [-0.05, 0) is 60.5 Å². The Bertz CT molecular complexity index is 1330. The molecular weight excluding hydrogens is 436 g/mol. The van der Waals surface area contributed by atoms with Crippen LogP contribution in [-0.2, 0) is 6.54 Å². The lowest BCUT2D eigenvalue weighted by Gasteiger charge is -2.31. The number of para-hydroxylation sites is 1. The van der Waals surface area contributed by atoms with Gasteiger partial charge in [0.25, 0.3) is 0 Å². The van der Waals surface area contributed by atoms with Gasteiger partial charge in [-0.25, -0.2) is 13.6 Å². The Morgan fingerprint density at radius 2 is 1.82 bits per heavy atom. The van der Waals surface area contributed by atoms with E-state index >= 15 is 0 Å². The van der Waals surface area contributed by atoms with Gasteiger partial charge >= 0.3 is 6.03 Å². The van der Waals surface area contributed by atoms with Crippen LogP contribution in [0.1, 0.15) is 29.8 Å². The van der Waals surface area contributed by atoms with Crippen molar-refractivity contribution in [2.45, 2.75) is 19.5 Å². The predicted octanol–water partition coefficient (Wildman–Crippen LogP) is 6.29. The number of anilines is 1. The number of urea groups is 1. The number of benzene rings is 3. The molecule has 1 aliphatic heterocycles. The molecule has 0 aliphatic carbocycles. The van der Waals surface area contributed by atoms with E-state index in [9.17, 15) is 13.6 Å². The first-order chi connectivity index (χ1) is 16.5. The number of carbonyl (C=O) groups excluding carboxylic acids is 1. The first-order valence-corrected chi connectivity index (χ1v) is 11.1. The number of ether oxygens (including phenoxy) is 1. The lowest BCUT2D eigenvalue weighted by atomic mass is 10.0. The highest BCUT2D eigenvalue weighted by atomic mass is 19.1. The Balaban J connectivity index is 1.60. The molecule has 0 radical (unpaired) electrons. The molecule has 1 atom stereocenters. The molecule has 172 valence electrons. The summed E-state index contributed by atoms with van der Waals surface area (Å²) in [6.45, 7) is 2.77. The van der Waals surface area contributed by atoms with Crippen molar-refractivity contribution < 1.29 is 18.3 Å². The summed E-state index contributed by atoms with van der Waals surface area (Å²) in [5.41, 5.74) is 3.62. The van der Waals surface area contributed by atoms with Crippen molar-refractivity contribution in [3.63, 3.8) is 0 Å². The predicted molar refractivity (Wildman–Crippen MR) is 126 cm³/mol. The van der Waals surface area contributed by atoms with Gasteiger partial charge in [-0.2, -0.15) is 0 Å². The van der Waals surface area contributed by atoms with Crippen LogP contribution in [0.2, 0.25) is 0 Å². The van der Waals surface area contributed by atoms with Gasteiger partial charge in [0.2, 0.25) is 0 Å². The minimum atomic E-state index is -0.829. The van der Waals surface area contributed by atoms with Crippen LogP contribution in [-0.4, -0.2) is 22.1 Å². The zero-order valence-corrected chi connectivity index (χ0v) is 18.5. The van der Waals surface area contributed by atoms with E-state index in [4.69, 9.17) is 4.74 Å². The van der Waals surface area contributed by atoms with Gasteiger partial charge in [0.15, 0.2) is 0 Å².